The fraction of sp³-hybridized carbons (Fsp3) is 0.333. The first kappa shape index (κ1) is 15.4. The van der Waals surface area contributed by atoms with Gasteiger partial charge in [-0.1, -0.05) is 11.1 Å². The van der Waals surface area contributed by atoms with Crippen LogP contribution in [0.25, 0.3) is 12.0 Å². The first-order valence-electron chi connectivity index (χ1n) is 5.00. The summed E-state index contributed by atoms with van der Waals surface area (Å²) in [4.78, 5) is 4.40. The van der Waals surface area contributed by atoms with Crippen LogP contribution in [0.4, 0.5) is 0 Å². The van der Waals surface area contributed by atoms with Gasteiger partial charge in [-0.2, -0.15) is 0 Å². The monoisotopic (exact) mass is 289 g/mol. The highest BCUT2D eigenvalue weighted by molar-refractivity contribution is 5.32. The standard InChI is InChI=1S/C9H12N5.ClHO4/c1-5-13-9-10-7(3)6(2)8(4)14(9)12-11-13;2-1(3,4)5/h5H,1H2,2-4H3;(H,2,3,4,5)/q+1;/p-1. The smallest absolute Gasteiger partial charge is 0.222 e. The van der Waals surface area contributed by atoms with Crippen molar-refractivity contribution in [3.63, 3.8) is 0 Å². The summed E-state index contributed by atoms with van der Waals surface area (Å²) >= 11 is 0. The van der Waals surface area contributed by atoms with Crippen molar-refractivity contribution < 1.29 is 33.6 Å². The molecule has 0 aliphatic heterocycles. The van der Waals surface area contributed by atoms with Gasteiger partial charge in [0.2, 0.25) is 0 Å². The van der Waals surface area contributed by atoms with Crippen LogP contribution >= 0.6 is 0 Å². The summed E-state index contributed by atoms with van der Waals surface area (Å²) < 4.78 is 37.2. The largest absolute Gasteiger partial charge is 0.412 e. The van der Waals surface area contributed by atoms with Gasteiger partial charge in [-0.25, -0.2) is 18.6 Å². The molecule has 0 atom stereocenters. The summed E-state index contributed by atoms with van der Waals surface area (Å²) in [5.41, 5.74) is 3.19. The number of hydrogen-bond donors (Lipinski definition) is 0. The Bertz CT molecular complexity index is 601. The van der Waals surface area contributed by atoms with E-state index in [1.165, 1.54) is 0 Å². The molecular formula is C9H12ClN5O4. The fourth-order valence-corrected chi connectivity index (χ4v) is 1.35. The maximum absolute atomic E-state index is 8.49. The molecule has 2 rings (SSSR count). The minimum absolute atomic E-state index is 0.695. The first-order chi connectivity index (χ1) is 8.65. The van der Waals surface area contributed by atoms with E-state index in [-0.39, 0.29) is 0 Å². The zero-order valence-electron chi connectivity index (χ0n) is 10.5. The summed E-state index contributed by atoms with van der Waals surface area (Å²) in [6, 6.07) is 0. The molecule has 0 amide bonds. The Morgan fingerprint density at radius 2 is 1.74 bits per heavy atom. The van der Waals surface area contributed by atoms with Gasteiger partial charge in [0.15, 0.2) is 0 Å². The summed E-state index contributed by atoms with van der Waals surface area (Å²) in [7, 11) is -4.94. The third kappa shape index (κ3) is 3.91. The van der Waals surface area contributed by atoms with E-state index in [2.05, 4.69) is 22.0 Å². The van der Waals surface area contributed by atoms with Crippen molar-refractivity contribution in [2.24, 2.45) is 0 Å². The van der Waals surface area contributed by atoms with E-state index in [1.807, 2.05) is 20.8 Å². The van der Waals surface area contributed by atoms with E-state index < -0.39 is 10.2 Å². The molecule has 0 aromatic carbocycles. The van der Waals surface area contributed by atoms with Gasteiger partial charge in [-0.15, -0.1) is 19.9 Å². The molecule has 0 aliphatic rings. The van der Waals surface area contributed by atoms with Crippen LogP contribution in [0, 0.1) is 31.0 Å². The normalized spacial score (nSPS) is 11.1. The van der Waals surface area contributed by atoms with Gasteiger partial charge in [-0.05, 0) is 20.8 Å². The van der Waals surface area contributed by atoms with E-state index in [0.717, 1.165) is 17.0 Å². The summed E-state index contributed by atoms with van der Waals surface area (Å²) in [6.07, 6.45) is 1.59. The number of fused-ring (bicyclic) bond motifs is 1. The second-order valence-corrected chi connectivity index (χ2v) is 4.36. The van der Waals surface area contributed by atoms with E-state index in [4.69, 9.17) is 18.6 Å². The van der Waals surface area contributed by atoms with Crippen molar-refractivity contribution in [2.45, 2.75) is 20.8 Å². The fourth-order valence-electron chi connectivity index (χ4n) is 1.35. The average molecular weight is 290 g/mol. The third-order valence-corrected chi connectivity index (χ3v) is 2.46. The second kappa shape index (κ2) is 5.55. The molecule has 0 N–H and O–H groups in total. The van der Waals surface area contributed by atoms with Crippen LogP contribution < -0.4 is 23.3 Å². The number of aromatic nitrogens is 5. The van der Waals surface area contributed by atoms with Gasteiger partial charge in [0.25, 0.3) is 0 Å². The third-order valence-electron chi connectivity index (χ3n) is 2.46. The molecule has 2 heterocycles. The number of nitrogens with zero attached hydrogens (tertiary/aromatic N) is 5. The highest BCUT2D eigenvalue weighted by Crippen LogP contribution is 2.09. The van der Waals surface area contributed by atoms with Gasteiger partial charge in [-0.3, -0.25) is 0 Å². The molecule has 0 saturated carbocycles. The van der Waals surface area contributed by atoms with Gasteiger partial charge >= 0.3 is 5.78 Å². The number of aryl methyl sites for hydroxylation is 2. The molecule has 0 saturated heterocycles. The zero-order valence-corrected chi connectivity index (χ0v) is 11.3. The van der Waals surface area contributed by atoms with Crippen molar-refractivity contribution in [1.29, 1.82) is 0 Å². The molecule has 0 radical (unpaired) electrons. The second-order valence-electron chi connectivity index (χ2n) is 3.60. The lowest BCUT2D eigenvalue weighted by atomic mass is 10.2. The Morgan fingerprint density at radius 3 is 2.21 bits per heavy atom. The van der Waals surface area contributed by atoms with Crippen LogP contribution in [0.1, 0.15) is 17.0 Å². The first-order valence-corrected chi connectivity index (χ1v) is 6.24. The number of tetrazole rings is 1. The Morgan fingerprint density at radius 1 is 1.21 bits per heavy atom. The highest BCUT2D eigenvalue weighted by Gasteiger charge is 2.17. The molecule has 10 heteroatoms. The minimum Gasteiger partial charge on any atom is -0.222 e. The molecule has 0 bridgehead atoms. The molecule has 0 spiro atoms. The molecule has 0 fully saturated rings. The lowest BCUT2D eigenvalue weighted by Crippen LogP contribution is -2.68. The Hall–Kier alpha value is -1.65. The maximum atomic E-state index is 8.49. The van der Waals surface area contributed by atoms with Crippen LogP contribution in [0.2, 0.25) is 0 Å². The van der Waals surface area contributed by atoms with Crippen molar-refractivity contribution in [3.8, 4) is 0 Å². The van der Waals surface area contributed by atoms with Crippen LogP contribution in [0.3, 0.4) is 0 Å². The Labute approximate surface area is 110 Å². The molecule has 0 aliphatic carbocycles. The number of rotatable bonds is 1. The summed E-state index contributed by atoms with van der Waals surface area (Å²) in [5.74, 6) is 0.695. The minimum atomic E-state index is -4.94. The molecule has 9 nitrogen and oxygen atoms in total. The molecule has 2 aromatic rings. The molecular weight excluding hydrogens is 278 g/mol. The van der Waals surface area contributed by atoms with E-state index >= 15 is 0 Å². The van der Waals surface area contributed by atoms with Gasteiger partial charge in [0, 0.05) is 5.56 Å². The van der Waals surface area contributed by atoms with Crippen molar-refractivity contribution in [1.82, 2.24) is 19.9 Å². The zero-order chi connectivity index (χ0) is 14.8. The number of hydrogen-bond acceptors (Lipinski definition) is 7. The van der Waals surface area contributed by atoms with E-state index in [0.29, 0.717) is 5.78 Å². The average Bonchev–Trinajstić information content (AvgIpc) is 2.66. The van der Waals surface area contributed by atoms with Crippen LogP contribution in [-0.4, -0.2) is 19.9 Å². The number of halogens is 1. The van der Waals surface area contributed by atoms with Crippen LogP contribution in [-0.2, 0) is 0 Å². The van der Waals surface area contributed by atoms with Crippen molar-refractivity contribution in [2.75, 3.05) is 0 Å². The molecule has 104 valence electrons. The Balaban J connectivity index is 0.000000312. The molecule has 19 heavy (non-hydrogen) atoms. The summed E-state index contributed by atoms with van der Waals surface area (Å²) in [5, 5.41) is 7.89. The Kier molecular flexibility index (Phi) is 4.50. The highest BCUT2D eigenvalue weighted by atomic mass is 35.7. The predicted molar refractivity (Wildman–Crippen MR) is 51.6 cm³/mol. The van der Waals surface area contributed by atoms with Crippen molar-refractivity contribution >= 4 is 12.0 Å². The topological polar surface area (TPSA) is 139 Å². The maximum Gasteiger partial charge on any atom is 0.412 e. The molecule has 0 unspecified atom stereocenters. The van der Waals surface area contributed by atoms with Crippen LogP contribution in [0.15, 0.2) is 6.58 Å². The lowest BCUT2D eigenvalue weighted by Gasteiger charge is -2.17. The van der Waals surface area contributed by atoms with E-state index in [1.54, 1.807) is 15.4 Å². The van der Waals surface area contributed by atoms with Gasteiger partial charge < -0.3 is 0 Å². The van der Waals surface area contributed by atoms with E-state index in [9.17, 15) is 0 Å². The summed E-state index contributed by atoms with van der Waals surface area (Å²) in [6.45, 7) is 9.64. The predicted octanol–water partition coefficient (Wildman–Crippen LogP) is -4.32. The van der Waals surface area contributed by atoms with Gasteiger partial charge in [0.1, 0.15) is 16.6 Å². The van der Waals surface area contributed by atoms with Crippen molar-refractivity contribution in [3.05, 3.63) is 23.5 Å². The SMILES string of the molecule is C=C[n+]1nnn2c(C)c(C)c(C)nc21.[O-][Cl+3]([O-])([O-])[O-]. The quantitative estimate of drug-likeness (QED) is 0.484. The molecule has 2 aromatic heterocycles. The lowest BCUT2D eigenvalue weighted by molar-refractivity contribution is -2.00. The van der Waals surface area contributed by atoms with Crippen LogP contribution in [0.5, 0.6) is 0 Å². The van der Waals surface area contributed by atoms with Gasteiger partial charge in [0.05, 0.1) is 11.4 Å².